The minimum atomic E-state index is -0.0133. The number of rotatable bonds is 6. The zero-order valence-corrected chi connectivity index (χ0v) is 13.3. The van der Waals surface area contributed by atoms with Crippen LogP contribution < -0.4 is 10.5 Å². The molecule has 0 heterocycles. The number of nitrogen functional groups attached to an aromatic ring is 1. The second-order valence-electron chi connectivity index (χ2n) is 4.57. The van der Waals surface area contributed by atoms with E-state index in [1.807, 2.05) is 36.4 Å². The van der Waals surface area contributed by atoms with Crippen molar-refractivity contribution in [2.75, 3.05) is 7.11 Å². The molecule has 0 aliphatic heterocycles. The first-order chi connectivity index (χ1) is 10.1. The predicted molar refractivity (Wildman–Crippen MR) is 86.6 cm³/mol. The molecule has 0 fully saturated rings. The summed E-state index contributed by atoms with van der Waals surface area (Å²) in [7, 11) is 1.56. The van der Waals surface area contributed by atoms with Crippen molar-refractivity contribution in [3.8, 4) is 5.75 Å². The van der Waals surface area contributed by atoms with Crippen molar-refractivity contribution in [2.24, 2.45) is 5.73 Å². The van der Waals surface area contributed by atoms with E-state index in [2.05, 4.69) is 15.9 Å². The molecule has 0 saturated carbocycles. The molecule has 0 radical (unpaired) electrons. The summed E-state index contributed by atoms with van der Waals surface area (Å²) < 4.78 is 11.9. The molecule has 110 valence electrons. The average molecular weight is 349 g/mol. The molecule has 0 amide bonds. The van der Waals surface area contributed by atoms with E-state index in [1.165, 1.54) is 0 Å². The number of hydrogen-bond acceptors (Lipinski definition) is 3. The summed E-state index contributed by atoms with van der Waals surface area (Å²) in [5.41, 5.74) is 8.19. The van der Waals surface area contributed by atoms with Gasteiger partial charge in [0.25, 0.3) is 0 Å². The first-order valence-electron chi connectivity index (χ1n) is 6.43. The van der Waals surface area contributed by atoms with E-state index < -0.39 is 0 Å². The summed E-state index contributed by atoms with van der Waals surface area (Å²) in [5.74, 6) is 0.582. The van der Waals surface area contributed by atoms with Crippen LogP contribution in [-0.4, -0.2) is 12.9 Å². The van der Waals surface area contributed by atoms with Crippen LogP contribution in [0.5, 0.6) is 5.75 Å². The van der Waals surface area contributed by atoms with Crippen LogP contribution in [-0.2, 0) is 18.0 Å². The first kappa shape index (κ1) is 15.5. The van der Waals surface area contributed by atoms with Gasteiger partial charge in [-0.1, -0.05) is 34.1 Å². The maximum atomic E-state index is 7.56. The first-order valence-corrected chi connectivity index (χ1v) is 7.23. The molecule has 2 rings (SSSR count). The Morgan fingerprint density at radius 3 is 2.48 bits per heavy atom. The predicted octanol–water partition coefficient (Wildman–Crippen LogP) is 3.46. The lowest BCUT2D eigenvalue weighted by Crippen LogP contribution is -2.13. The molecule has 3 N–H and O–H groups in total. The van der Waals surface area contributed by atoms with E-state index in [4.69, 9.17) is 20.6 Å². The molecule has 0 aliphatic carbocycles. The van der Waals surface area contributed by atoms with Gasteiger partial charge >= 0.3 is 0 Å². The fourth-order valence-electron chi connectivity index (χ4n) is 1.97. The molecule has 0 atom stereocenters. The highest BCUT2D eigenvalue weighted by Crippen LogP contribution is 2.20. The Morgan fingerprint density at radius 2 is 1.86 bits per heavy atom. The molecular formula is C16H17BrN2O2. The monoisotopic (exact) mass is 348 g/mol. The Balaban J connectivity index is 2.00. The lowest BCUT2D eigenvalue weighted by atomic mass is 10.1. The van der Waals surface area contributed by atoms with Crippen LogP contribution in [0.15, 0.2) is 46.9 Å². The number of nitrogens with two attached hydrogens (primary N) is 1. The summed E-state index contributed by atoms with van der Waals surface area (Å²) in [6.07, 6.45) is 0. The number of benzene rings is 2. The highest BCUT2D eigenvalue weighted by atomic mass is 79.9. The van der Waals surface area contributed by atoms with Crippen molar-refractivity contribution in [3.63, 3.8) is 0 Å². The summed E-state index contributed by atoms with van der Waals surface area (Å²) in [6, 6.07) is 13.5. The van der Waals surface area contributed by atoms with Crippen molar-refractivity contribution in [2.45, 2.75) is 13.2 Å². The summed E-state index contributed by atoms with van der Waals surface area (Å²) in [6.45, 7) is 0.984. The lowest BCUT2D eigenvalue weighted by molar-refractivity contribution is 0.107. The van der Waals surface area contributed by atoms with Crippen LogP contribution in [0, 0.1) is 5.41 Å². The third-order valence-corrected chi connectivity index (χ3v) is 3.47. The second kappa shape index (κ2) is 7.24. The highest BCUT2D eigenvalue weighted by molar-refractivity contribution is 9.10. The Bertz CT molecular complexity index is 644. The average Bonchev–Trinajstić information content (AvgIpc) is 2.47. The minimum Gasteiger partial charge on any atom is -0.496 e. The molecule has 0 aromatic heterocycles. The van der Waals surface area contributed by atoms with E-state index in [1.54, 1.807) is 13.2 Å². The van der Waals surface area contributed by atoms with Crippen LogP contribution in [0.25, 0.3) is 0 Å². The SMILES string of the molecule is COc1ccc(COCc2cccc(Br)c2)cc1C(=N)N. The van der Waals surface area contributed by atoms with Gasteiger partial charge in [-0.15, -0.1) is 0 Å². The Hall–Kier alpha value is -1.85. The van der Waals surface area contributed by atoms with Gasteiger partial charge in [-0.3, -0.25) is 5.41 Å². The topological polar surface area (TPSA) is 68.3 Å². The van der Waals surface area contributed by atoms with Crippen molar-refractivity contribution in [3.05, 3.63) is 63.6 Å². The van der Waals surface area contributed by atoms with Gasteiger partial charge in [0.2, 0.25) is 0 Å². The quantitative estimate of drug-likeness (QED) is 0.620. The van der Waals surface area contributed by atoms with Crippen molar-refractivity contribution >= 4 is 21.8 Å². The third-order valence-electron chi connectivity index (χ3n) is 2.98. The fourth-order valence-corrected chi connectivity index (χ4v) is 2.42. The number of nitrogens with one attached hydrogen (secondary N) is 1. The molecule has 21 heavy (non-hydrogen) atoms. The van der Waals surface area contributed by atoms with Crippen molar-refractivity contribution in [1.82, 2.24) is 0 Å². The molecule has 0 spiro atoms. The Labute approximate surface area is 132 Å². The van der Waals surface area contributed by atoms with E-state index in [0.29, 0.717) is 24.5 Å². The zero-order valence-electron chi connectivity index (χ0n) is 11.7. The summed E-state index contributed by atoms with van der Waals surface area (Å²) in [5, 5.41) is 7.56. The maximum absolute atomic E-state index is 7.56. The number of methoxy groups -OCH3 is 1. The van der Waals surface area contributed by atoms with Gasteiger partial charge < -0.3 is 15.2 Å². The van der Waals surface area contributed by atoms with Gasteiger partial charge in [0.05, 0.1) is 25.9 Å². The standard InChI is InChI=1S/C16H17BrN2O2/c1-20-15-6-5-12(8-14(15)16(18)19)10-21-9-11-3-2-4-13(17)7-11/h2-8H,9-10H2,1H3,(H3,18,19). The molecule has 0 saturated heterocycles. The minimum absolute atomic E-state index is 0.0133. The van der Waals surface area contributed by atoms with Crippen molar-refractivity contribution in [1.29, 1.82) is 5.41 Å². The normalized spacial score (nSPS) is 10.4. The Morgan fingerprint density at radius 1 is 1.14 bits per heavy atom. The van der Waals surface area contributed by atoms with Crippen LogP contribution in [0.2, 0.25) is 0 Å². The molecule has 2 aromatic rings. The molecule has 5 heteroatoms. The molecule has 0 bridgehead atoms. The van der Waals surface area contributed by atoms with Gasteiger partial charge in [0.15, 0.2) is 0 Å². The van der Waals surface area contributed by atoms with E-state index in [9.17, 15) is 0 Å². The van der Waals surface area contributed by atoms with E-state index >= 15 is 0 Å². The van der Waals surface area contributed by atoms with Gasteiger partial charge in [-0.2, -0.15) is 0 Å². The van der Waals surface area contributed by atoms with Gasteiger partial charge in [-0.05, 0) is 35.4 Å². The van der Waals surface area contributed by atoms with Crippen molar-refractivity contribution < 1.29 is 9.47 Å². The van der Waals surface area contributed by atoms with Gasteiger partial charge in [-0.25, -0.2) is 0 Å². The largest absolute Gasteiger partial charge is 0.496 e. The van der Waals surface area contributed by atoms with Crippen LogP contribution >= 0.6 is 15.9 Å². The second-order valence-corrected chi connectivity index (χ2v) is 5.49. The van der Waals surface area contributed by atoms with E-state index in [-0.39, 0.29) is 5.84 Å². The maximum Gasteiger partial charge on any atom is 0.129 e. The summed E-state index contributed by atoms with van der Waals surface area (Å²) >= 11 is 3.43. The fraction of sp³-hybridized carbons (Fsp3) is 0.188. The highest BCUT2D eigenvalue weighted by Gasteiger charge is 2.07. The molecule has 0 aliphatic rings. The Kier molecular flexibility index (Phi) is 5.36. The third kappa shape index (κ3) is 4.31. The van der Waals surface area contributed by atoms with Gasteiger partial charge in [0.1, 0.15) is 11.6 Å². The lowest BCUT2D eigenvalue weighted by Gasteiger charge is -2.10. The number of ether oxygens (including phenoxy) is 2. The van der Waals surface area contributed by atoms with Crippen LogP contribution in [0.1, 0.15) is 16.7 Å². The van der Waals surface area contributed by atoms with Gasteiger partial charge in [0, 0.05) is 4.47 Å². The summed E-state index contributed by atoms with van der Waals surface area (Å²) in [4.78, 5) is 0. The molecule has 4 nitrogen and oxygen atoms in total. The number of halogens is 1. The molecule has 0 unspecified atom stereocenters. The number of amidine groups is 1. The molecule has 2 aromatic carbocycles. The molecular weight excluding hydrogens is 332 g/mol. The van der Waals surface area contributed by atoms with E-state index in [0.717, 1.165) is 15.6 Å². The zero-order chi connectivity index (χ0) is 15.2. The number of hydrogen-bond donors (Lipinski definition) is 2. The van der Waals surface area contributed by atoms with Crippen LogP contribution in [0.4, 0.5) is 0 Å². The van der Waals surface area contributed by atoms with Crippen LogP contribution in [0.3, 0.4) is 0 Å². The smallest absolute Gasteiger partial charge is 0.129 e.